The highest BCUT2D eigenvalue weighted by Crippen LogP contribution is 2.18. The van der Waals surface area contributed by atoms with Crippen molar-refractivity contribution >= 4 is 5.97 Å². The van der Waals surface area contributed by atoms with E-state index >= 15 is 0 Å². The quantitative estimate of drug-likeness (QED) is 0.516. The average molecular weight is 234 g/mol. The lowest BCUT2D eigenvalue weighted by Gasteiger charge is -2.24. The first-order valence-corrected chi connectivity index (χ1v) is 5.08. The molecule has 0 unspecified atom stereocenters. The zero-order valence-corrected chi connectivity index (χ0v) is 10.1. The van der Waals surface area contributed by atoms with Crippen LogP contribution in [-0.4, -0.2) is 46.2 Å². The van der Waals surface area contributed by atoms with Crippen molar-refractivity contribution in [2.45, 2.75) is 27.2 Å². The molecule has 0 atom stereocenters. The molecular formula is C11H22O5. The Kier molecular flexibility index (Phi) is 10.2. The van der Waals surface area contributed by atoms with Gasteiger partial charge >= 0.3 is 5.97 Å². The van der Waals surface area contributed by atoms with Crippen molar-refractivity contribution in [1.29, 1.82) is 0 Å². The van der Waals surface area contributed by atoms with E-state index < -0.39 is 11.4 Å². The molecule has 0 aliphatic carbocycles. The van der Waals surface area contributed by atoms with Gasteiger partial charge in [0.1, 0.15) is 0 Å². The Labute approximate surface area is 96.0 Å². The van der Waals surface area contributed by atoms with Gasteiger partial charge in [0.15, 0.2) is 0 Å². The summed E-state index contributed by atoms with van der Waals surface area (Å²) in [5, 5.41) is 34.0. The van der Waals surface area contributed by atoms with Gasteiger partial charge in [-0.3, -0.25) is 0 Å². The zero-order valence-electron chi connectivity index (χ0n) is 10.1. The molecule has 4 N–H and O–H groups in total. The summed E-state index contributed by atoms with van der Waals surface area (Å²) in [7, 11) is 0. The van der Waals surface area contributed by atoms with Crippen molar-refractivity contribution < 1.29 is 25.2 Å². The van der Waals surface area contributed by atoms with E-state index in [9.17, 15) is 4.79 Å². The molecule has 0 aliphatic rings. The summed E-state index contributed by atoms with van der Waals surface area (Å²) in [6.07, 6.45) is 1.76. The molecule has 0 radical (unpaired) electrons. The molecule has 0 amide bonds. The van der Waals surface area contributed by atoms with Gasteiger partial charge in [-0.2, -0.15) is 0 Å². The van der Waals surface area contributed by atoms with Gasteiger partial charge in [-0.1, -0.05) is 12.5 Å². The topological polar surface area (TPSA) is 98.0 Å². The van der Waals surface area contributed by atoms with Crippen LogP contribution in [-0.2, 0) is 4.79 Å². The van der Waals surface area contributed by atoms with Gasteiger partial charge in [-0.15, -0.1) is 0 Å². The van der Waals surface area contributed by atoms with Crippen molar-refractivity contribution in [2.75, 3.05) is 19.8 Å². The smallest absolute Gasteiger partial charge is 0.328 e. The van der Waals surface area contributed by atoms with E-state index in [0.29, 0.717) is 6.42 Å². The number of allylic oxidation sites excluding steroid dienone is 1. The van der Waals surface area contributed by atoms with Gasteiger partial charge in [0, 0.05) is 11.5 Å². The fourth-order valence-electron chi connectivity index (χ4n) is 0.732. The van der Waals surface area contributed by atoms with Crippen LogP contribution in [0.2, 0.25) is 0 Å². The van der Waals surface area contributed by atoms with E-state index in [1.165, 1.54) is 6.08 Å². The Morgan fingerprint density at radius 1 is 1.12 bits per heavy atom. The Balaban J connectivity index is 0. The molecule has 0 saturated carbocycles. The highest BCUT2D eigenvalue weighted by Gasteiger charge is 2.24. The summed E-state index contributed by atoms with van der Waals surface area (Å²) in [5.74, 6) is -0.875. The Bertz CT molecular complexity index is 197. The molecule has 0 aromatic rings. The Morgan fingerprint density at radius 3 is 1.50 bits per heavy atom. The highest BCUT2D eigenvalue weighted by atomic mass is 16.4. The number of rotatable bonds is 5. The molecule has 5 heteroatoms. The van der Waals surface area contributed by atoms with Crippen LogP contribution in [0.1, 0.15) is 27.2 Å². The summed E-state index contributed by atoms with van der Waals surface area (Å²) in [6, 6.07) is 0. The number of hydrogen-bond acceptors (Lipinski definition) is 4. The lowest BCUT2D eigenvalue weighted by atomic mass is 9.88. The van der Waals surface area contributed by atoms with Crippen molar-refractivity contribution in [1.82, 2.24) is 0 Å². The normalized spacial score (nSPS) is 10.1. The molecule has 0 rings (SSSR count). The lowest BCUT2D eigenvalue weighted by molar-refractivity contribution is -0.131. The van der Waals surface area contributed by atoms with E-state index in [4.69, 9.17) is 20.4 Å². The van der Waals surface area contributed by atoms with Crippen molar-refractivity contribution in [3.8, 4) is 0 Å². The Morgan fingerprint density at radius 2 is 1.50 bits per heavy atom. The van der Waals surface area contributed by atoms with Crippen LogP contribution in [0.5, 0.6) is 0 Å². The third kappa shape index (κ3) is 8.40. The van der Waals surface area contributed by atoms with E-state index in [1.807, 2.05) is 6.92 Å². The molecule has 0 fully saturated rings. The maximum atomic E-state index is 9.73. The van der Waals surface area contributed by atoms with Crippen molar-refractivity contribution in [3.63, 3.8) is 0 Å². The van der Waals surface area contributed by atoms with Gasteiger partial charge < -0.3 is 20.4 Å². The van der Waals surface area contributed by atoms with Gasteiger partial charge in [-0.05, 0) is 20.3 Å². The third-order valence-electron chi connectivity index (χ3n) is 2.17. The van der Waals surface area contributed by atoms with E-state index in [0.717, 1.165) is 5.57 Å². The van der Waals surface area contributed by atoms with E-state index in [1.54, 1.807) is 13.8 Å². The highest BCUT2D eigenvalue weighted by molar-refractivity contribution is 5.80. The minimum atomic E-state index is -0.875. The second kappa shape index (κ2) is 9.33. The molecule has 0 bridgehead atoms. The lowest BCUT2D eigenvalue weighted by Crippen LogP contribution is -2.32. The van der Waals surface area contributed by atoms with Gasteiger partial charge in [0.05, 0.1) is 19.8 Å². The van der Waals surface area contributed by atoms with Crippen LogP contribution in [0, 0.1) is 5.41 Å². The average Bonchev–Trinajstić information content (AvgIpc) is 2.21. The maximum absolute atomic E-state index is 9.73. The number of aliphatic hydroxyl groups is 3. The molecule has 5 nitrogen and oxygen atoms in total. The fraction of sp³-hybridized carbons (Fsp3) is 0.727. The second-order valence-corrected chi connectivity index (χ2v) is 3.89. The first-order chi connectivity index (χ1) is 7.37. The summed E-state index contributed by atoms with van der Waals surface area (Å²) in [5.41, 5.74) is 0.146. The molecular weight excluding hydrogens is 212 g/mol. The summed E-state index contributed by atoms with van der Waals surface area (Å²) < 4.78 is 0. The summed E-state index contributed by atoms with van der Waals surface area (Å²) in [6.45, 7) is 4.84. The number of carboxylic acid groups (broad SMARTS) is 1. The Hall–Kier alpha value is -0.910. The number of carboxylic acids is 1. The minimum absolute atomic E-state index is 0.156. The van der Waals surface area contributed by atoms with Crippen LogP contribution in [0.3, 0.4) is 0 Å². The predicted molar refractivity (Wildman–Crippen MR) is 61.0 cm³/mol. The first kappa shape index (κ1) is 17.5. The fourth-order valence-corrected chi connectivity index (χ4v) is 0.732. The van der Waals surface area contributed by atoms with Gasteiger partial charge in [-0.25, -0.2) is 4.79 Å². The second-order valence-electron chi connectivity index (χ2n) is 3.89. The number of carbonyl (C=O) groups is 1. The van der Waals surface area contributed by atoms with Gasteiger partial charge in [0.25, 0.3) is 0 Å². The van der Waals surface area contributed by atoms with Crippen LogP contribution < -0.4 is 0 Å². The molecule has 0 saturated heterocycles. The molecule has 0 heterocycles. The zero-order chi connectivity index (χ0) is 13.2. The van der Waals surface area contributed by atoms with Gasteiger partial charge in [0.2, 0.25) is 0 Å². The molecule has 16 heavy (non-hydrogen) atoms. The molecule has 0 aliphatic heterocycles. The largest absolute Gasteiger partial charge is 0.478 e. The van der Waals surface area contributed by atoms with E-state index in [2.05, 4.69) is 0 Å². The van der Waals surface area contributed by atoms with Crippen molar-refractivity contribution in [2.24, 2.45) is 5.41 Å². The summed E-state index contributed by atoms with van der Waals surface area (Å²) >= 11 is 0. The number of hydrogen-bond donors (Lipinski definition) is 4. The monoisotopic (exact) mass is 234 g/mol. The van der Waals surface area contributed by atoms with E-state index in [-0.39, 0.29) is 19.8 Å². The number of aliphatic hydroxyl groups excluding tert-OH is 3. The van der Waals surface area contributed by atoms with Crippen molar-refractivity contribution in [3.05, 3.63) is 11.6 Å². The standard InChI is InChI=1S/C6H14O3.C5H8O2/c1-2-6(3-7,4-8)5-9;1-4(2)3-5(6)7/h7-9H,2-5H2,1H3;3H,1-2H3,(H,6,7). The minimum Gasteiger partial charge on any atom is -0.478 e. The van der Waals surface area contributed by atoms with Crippen LogP contribution in [0.25, 0.3) is 0 Å². The number of aliphatic carboxylic acids is 1. The molecule has 0 aromatic carbocycles. The SMILES string of the molecule is CC(C)=CC(=O)O.CCC(CO)(CO)CO. The summed E-state index contributed by atoms with van der Waals surface area (Å²) in [4.78, 5) is 9.73. The maximum Gasteiger partial charge on any atom is 0.328 e. The third-order valence-corrected chi connectivity index (χ3v) is 2.17. The molecule has 96 valence electrons. The predicted octanol–water partition coefficient (Wildman–Crippen LogP) is 0.397. The van der Waals surface area contributed by atoms with Crippen LogP contribution >= 0.6 is 0 Å². The van der Waals surface area contributed by atoms with Crippen LogP contribution in [0.4, 0.5) is 0 Å². The molecule has 0 spiro atoms. The van der Waals surface area contributed by atoms with Crippen LogP contribution in [0.15, 0.2) is 11.6 Å². The first-order valence-electron chi connectivity index (χ1n) is 5.08. The molecule has 0 aromatic heterocycles.